The summed E-state index contributed by atoms with van der Waals surface area (Å²) in [5.74, 6) is -1.36. The number of aliphatic carboxylic acids is 1. The summed E-state index contributed by atoms with van der Waals surface area (Å²) >= 11 is 2.94. The second-order valence-corrected chi connectivity index (χ2v) is 11.4. The van der Waals surface area contributed by atoms with Gasteiger partial charge in [-0.25, -0.2) is 0 Å². The Labute approximate surface area is 192 Å². The Hall–Kier alpha value is -2.39. The second-order valence-electron chi connectivity index (χ2n) is 9.20. The molecule has 2 saturated carbocycles. The van der Waals surface area contributed by atoms with Gasteiger partial charge in [-0.05, 0) is 36.2 Å². The summed E-state index contributed by atoms with van der Waals surface area (Å²) in [7, 11) is 0. The highest BCUT2D eigenvalue weighted by molar-refractivity contribution is 8.00. The Balaban J connectivity index is 1.37. The first kappa shape index (κ1) is 20.2. The summed E-state index contributed by atoms with van der Waals surface area (Å²) < 4.78 is 0. The fraction of sp³-hybridized carbons (Fsp3) is 0.478. The maximum Gasteiger partial charge on any atom is 0.305 e. The van der Waals surface area contributed by atoms with Gasteiger partial charge in [0.05, 0.1) is 16.9 Å². The zero-order valence-electron chi connectivity index (χ0n) is 17.1. The van der Waals surface area contributed by atoms with E-state index in [0.29, 0.717) is 0 Å². The average molecular weight is 471 g/mol. The monoisotopic (exact) mass is 470 g/mol. The van der Waals surface area contributed by atoms with Crippen molar-refractivity contribution in [3.63, 3.8) is 0 Å². The number of aromatic amines is 1. The summed E-state index contributed by atoms with van der Waals surface area (Å²) in [6.45, 7) is 0.182. The zero-order chi connectivity index (χ0) is 22.1. The molecule has 2 bridgehead atoms. The number of carbonyl (C=O) groups is 3. The summed E-state index contributed by atoms with van der Waals surface area (Å²) in [4.78, 5) is 55.0. The average Bonchev–Trinajstić information content (AvgIpc) is 3.49. The number of carboxylic acids is 1. The highest BCUT2D eigenvalue weighted by Crippen LogP contribution is 2.68. The van der Waals surface area contributed by atoms with Crippen LogP contribution in [0.3, 0.4) is 0 Å². The van der Waals surface area contributed by atoms with Crippen molar-refractivity contribution in [3.8, 4) is 0 Å². The maximum atomic E-state index is 13.3. The maximum absolute atomic E-state index is 13.3. The summed E-state index contributed by atoms with van der Waals surface area (Å²) in [5, 5.41) is 10.0. The number of fused-ring (bicyclic) bond motifs is 9. The van der Waals surface area contributed by atoms with Gasteiger partial charge in [0.15, 0.2) is 0 Å². The van der Waals surface area contributed by atoms with E-state index in [4.69, 9.17) is 5.11 Å². The first-order valence-corrected chi connectivity index (χ1v) is 12.7. The molecular formula is C23H22N2O5S2. The Morgan fingerprint density at radius 1 is 1.09 bits per heavy atom. The number of imide groups is 1. The Kier molecular flexibility index (Phi) is 4.62. The van der Waals surface area contributed by atoms with Gasteiger partial charge in [0.1, 0.15) is 0 Å². The fourth-order valence-electron chi connectivity index (χ4n) is 6.72. The van der Waals surface area contributed by atoms with Crippen LogP contribution >= 0.6 is 23.1 Å². The van der Waals surface area contributed by atoms with E-state index in [-0.39, 0.29) is 76.8 Å². The number of thiazole rings is 1. The summed E-state index contributed by atoms with van der Waals surface area (Å²) in [6, 6.07) is 10.2. The van der Waals surface area contributed by atoms with Crippen molar-refractivity contribution < 1.29 is 19.5 Å². The molecule has 3 fully saturated rings. The number of aromatic nitrogens is 1. The third-order valence-corrected chi connectivity index (χ3v) is 10.3. The predicted octanol–water partition coefficient (Wildman–Crippen LogP) is 2.77. The van der Waals surface area contributed by atoms with Crippen molar-refractivity contribution in [3.05, 3.63) is 50.4 Å². The quantitative estimate of drug-likeness (QED) is 0.651. The number of H-pyrrole nitrogens is 1. The van der Waals surface area contributed by atoms with Gasteiger partial charge in [0.2, 0.25) is 11.8 Å². The number of hydrogen-bond donors (Lipinski definition) is 2. The minimum absolute atomic E-state index is 0.0429. The second kappa shape index (κ2) is 7.31. The van der Waals surface area contributed by atoms with Crippen LogP contribution in [0.25, 0.3) is 0 Å². The van der Waals surface area contributed by atoms with Crippen LogP contribution in [0, 0.1) is 29.6 Å². The van der Waals surface area contributed by atoms with Crippen molar-refractivity contribution in [2.45, 2.75) is 35.5 Å². The molecule has 7 atom stereocenters. The van der Waals surface area contributed by atoms with Gasteiger partial charge in [0, 0.05) is 29.0 Å². The molecule has 2 aliphatic carbocycles. The normalized spacial score (nSPS) is 34.5. The molecule has 2 aliphatic heterocycles. The van der Waals surface area contributed by atoms with Gasteiger partial charge in [-0.2, -0.15) is 0 Å². The third kappa shape index (κ3) is 2.80. The van der Waals surface area contributed by atoms with Gasteiger partial charge in [-0.15, -0.1) is 11.8 Å². The summed E-state index contributed by atoms with van der Waals surface area (Å²) in [5.41, 5.74) is 1.15. The Bertz CT molecular complexity index is 1170. The first-order valence-electron chi connectivity index (χ1n) is 11.0. The lowest BCUT2D eigenvalue weighted by Crippen LogP contribution is -2.42. The van der Waals surface area contributed by atoms with Crippen LogP contribution in [0.2, 0.25) is 0 Å². The van der Waals surface area contributed by atoms with Crippen LogP contribution in [-0.4, -0.2) is 44.6 Å². The number of thioether (sulfide) groups is 1. The zero-order valence-corrected chi connectivity index (χ0v) is 18.7. The number of amides is 2. The van der Waals surface area contributed by atoms with E-state index in [1.54, 1.807) is 11.8 Å². The first-order chi connectivity index (χ1) is 15.5. The van der Waals surface area contributed by atoms with E-state index in [1.807, 2.05) is 18.2 Å². The minimum atomic E-state index is -0.919. The molecule has 166 valence electrons. The lowest BCUT2D eigenvalue weighted by atomic mass is 9.68. The van der Waals surface area contributed by atoms with E-state index in [0.717, 1.165) is 21.9 Å². The lowest BCUT2D eigenvalue weighted by molar-refractivity contribution is -0.142. The van der Waals surface area contributed by atoms with Gasteiger partial charge in [-0.1, -0.05) is 41.7 Å². The largest absolute Gasteiger partial charge is 0.481 e. The van der Waals surface area contributed by atoms with Crippen molar-refractivity contribution >= 4 is 40.9 Å². The van der Waals surface area contributed by atoms with Crippen molar-refractivity contribution in [2.24, 2.45) is 29.6 Å². The molecule has 4 aliphatic rings. The molecule has 1 aromatic heterocycles. The SMILES string of the molecule is O=C(O)CCCN1C(=O)[C@@H]2[C@@H]3C[C@@H]([C@H]4Sc5[nH]c(=O)sc5[C@@H](c5ccccc5)[C@@H]34)[C@@H]2C1=O. The van der Waals surface area contributed by atoms with Gasteiger partial charge < -0.3 is 10.1 Å². The summed E-state index contributed by atoms with van der Waals surface area (Å²) in [6.07, 6.45) is 1.10. The smallest absolute Gasteiger partial charge is 0.305 e. The standard InChI is InChI=1S/C23H22N2O5S2/c26-13(27)7-4-8-25-21(28)16-11-9-12(17(16)22(25)29)18-15(11)14(10-5-2-1-3-6-10)19-20(31-18)24-23(30)32-19/h1-3,5-6,11-12,14-18H,4,7-9H2,(H,24,30)(H,26,27)/t11-,12-,14+,15-,16-,17+,18-/m1/s1. The molecule has 2 aromatic rings. The van der Waals surface area contributed by atoms with Crippen LogP contribution in [0.15, 0.2) is 40.2 Å². The number of rotatable bonds is 5. The Morgan fingerprint density at radius 3 is 2.53 bits per heavy atom. The highest BCUT2D eigenvalue weighted by atomic mass is 32.2. The van der Waals surface area contributed by atoms with Crippen LogP contribution < -0.4 is 4.87 Å². The number of nitrogens with zero attached hydrogens (tertiary/aromatic N) is 1. The van der Waals surface area contributed by atoms with E-state index >= 15 is 0 Å². The number of nitrogens with one attached hydrogen (secondary N) is 1. The number of carboxylic acid groups (broad SMARTS) is 1. The van der Waals surface area contributed by atoms with Crippen molar-refractivity contribution in [1.29, 1.82) is 0 Å². The van der Waals surface area contributed by atoms with Crippen LogP contribution in [0.4, 0.5) is 0 Å². The molecular weight excluding hydrogens is 448 g/mol. The predicted molar refractivity (Wildman–Crippen MR) is 119 cm³/mol. The minimum Gasteiger partial charge on any atom is -0.481 e. The number of hydrogen-bond acceptors (Lipinski definition) is 6. The van der Waals surface area contributed by atoms with E-state index < -0.39 is 5.97 Å². The molecule has 3 heterocycles. The molecule has 1 saturated heterocycles. The van der Waals surface area contributed by atoms with Crippen LogP contribution in [0.1, 0.15) is 35.6 Å². The van der Waals surface area contributed by atoms with E-state index in [9.17, 15) is 19.2 Å². The van der Waals surface area contributed by atoms with Gasteiger partial charge in [-0.3, -0.25) is 24.1 Å². The molecule has 32 heavy (non-hydrogen) atoms. The molecule has 0 radical (unpaired) electrons. The number of benzene rings is 1. The molecule has 2 N–H and O–H groups in total. The molecule has 2 amide bonds. The molecule has 7 nitrogen and oxygen atoms in total. The van der Waals surface area contributed by atoms with Crippen molar-refractivity contribution in [1.82, 2.24) is 9.88 Å². The van der Waals surface area contributed by atoms with Gasteiger partial charge in [0.25, 0.3) is 0 Å². The Morgan fingerprint density at radius 2 is 1.81 bits per heavy atom. The topological polar surface area (TPSA) is 108 Å². The molecule has 0 unspecified atom stereocenters. The fourth-order valence-corrected chi connectivity index (χ4v) is 9.61. The number of likely N-dealkylation sites (tertiary alicyclic amines) is 1. The van der Waals surface area contributed by atoms with Crippen LogP contribution in [-0.2, 0) is 14.4 Å². The van der Waals surface area contributed by atoms with Crippen LogP contribution in [0.5, 0.6) is 0 Å². The molecule has 9 heteroatoms. The molecule has 0 spiro atoms. The third-order valence-electron chi connectivity index (χ3n) is 7.75. The molecule has 1 aromatic carbocycles. The molecule has 6 rings (SSSR count). The van der Waals surface area contributed by atoms with Crippen molar-refractivity contribution in [2.75, 3.05) is 6.54 Å². The lowest BCUT2D eigenvalue weighted by Gasteiger charge is -2.43. The van der Waals surface area contributed by atoms with Gasteiger partial charge >= 0.3 is 10.8 Å². The van der Waals surface area contributed by atoms with E-state index in [1.165, 1.54) is 16.2 Å². The van der Waals surface area contributed by atoms with E-state index in [2.05, 4.69) is 17.1 Å². The highest BCUT2D eigenvalue weighted by Gasteiger charge is 2.69. The number of carbonyl (C=O) groups excluding carboxylic acids is 2.